The van der Waals surface area contributed by atoms with E-state index in [-0.39, 0.29) is 0 Å². The second-order valence-electron chi connectivity index (χ2n) is 4.92. The molecule has 1 fully saturated rings. The molecule has 0 spiro atoms. The zero-order valence-corrected chi connectivity index (χ0v) is 10.7. The van der Waals surface area contributed by atoms with Gasteiger partial charge in [-0.25, -0.2) is 0 Å². The molecule has 0 saturated carbocycles. The zero-order valence-electron chi connectivity index (χ0n) is 10.7. The molecule has 16 heavy (non-hydrogen) atoms. The van der Waals surface area contributed by atoms with Gasteiger partial charge in [-0.1, -0.05) is 13.8 Å². The Labute approximate surface area is 99.4 Å². The molecule has 1 aliphatic heterocycles. The molecule has 0 amide bonds. The van der Waals surface area contributed by atoms with Crippen LogP contribution >= 0.6 is 0 Å². The molecule has 0 radical (unpaired) electrons. The molecule has 1 rings (SSSR count). The van der Waals surface area contributed by atoms with Crippen LogP contribution in [0, 0.1) is 5.92 Å². The fourth-order valence-electron chi connectivity index (χ4n) is 2.38. The lowest BCUT2D eigenvalue weighted by molar-refractivity contribution is 0.0795. The van der Waals surface area contributed by atoms with Crippen molar-refractivity contribution in [3.05, 3.63) is 0 Å². The fourth-order valence-corrected chi connectivity index (χ4v) is 2.38. The highest BCUT2D eigenvalue weighted by atomic mass is 16.3. The van der Waals surface area contributed by atoms with Crippen molar-refractivity contribution in [3.63, 3.8) is 0 Å². The maximum atomic E-state index is 9.03. The van der Waals surface area contributed by atoms with Gasteiger partial charge < -0.3 is 15.7 Å². The molecule has 4 nitrogen and oxygen atoms in total. The number of aliphatic hydroxyl groups excluding tert-OH is 1. The third-order valence-corrected chi connectivity index (χ3v) is 3.55. The Morgan fingerprint density at radius 1 is 1.25 bits per heavy atom. The minimum absolute atomic E-state index is 0.292. The Bertz CT molecular complexity index is 177. The van der Waals surface area contributed by atoms with Gasteiger partial charge in [0.2, 0.25) is 0 Å². The molecule has 96 valence electrons. The maximum absolute atomic E-state index is 9.03. The van der Waals surface area contributed by atoms with Gasteiger partial charge in [0.25, 0.3) is 0 Å². The van der Waals surface area contributed by atoms with E-state index < -0.39 is 0 Å². The van der Waals surface area contributed by atoms with Crippen LogP contribution in [0.15, 0.2) is 0 Å². The quantitative estimate of drug-likeness (QED) is 0.671. The summed E-state index contributed by atoms with van der Waals surface area (Å²) >= 11 is 0. The average molecular weight is 229 g/mol. The minimum Gasteiger partial charge on any atom is -0.396 e. The first-order chi connectivity index (χ1) is 7.71. The van der Waals surface area contributed by atoms with Gasteiger partial charge >= 0.3 is 0 Å². The van der Waals surface area contributed by atoms with E-state index in [0.717, 1.165) is 45.7 Å². The number of hydrogen-bond acceptors (Lipinski definition) is 4. The molecule has 2 atom stereocenters. The number of nitrogens with two attached hydrogens (primary N) is 1. The Hall–Kier alpha value is -0.160. The van der Waals surface area contributed by atoms with E-state index in [1.54, 1.807) is 0 Å². The van der Waals surface area contributed by atoms with Gasteiger partial charge in [-0.2, -0.15) is 0 Å². The summed E-state index contributed by atoms with van der Waals surface area (Å²) in [5.41, 5.74) is 5.76. The van der Waals surface area contributed by atoms with Crippen LogP contribution < -0.4 is 5.73 Å². The second-order valence-corrected chi connectivity index (χ2v) is 4.92. The van der Waals surface area contributed by atoms with Crippen LogP contribution in [0.25, 0.3) is 0 Å². The number of aliphatic hydroxyl groups is 1. The number of rotatable bonds is 6. The predicted octanol–water partition coefficient (Wildman–Crippen LogP) is -0.0303. The lowest BCUT2D eigenvalue weighted by Gasteiger charge is -2.39. The standard InChI is InChI=1S/C12H27N3O/c1-3-12(8-13)15-6-4-14(5-7-15)9-11(2)10-16/h11-12,16H,3-10,13H2,1-2H3. The molecule has 0 aromatic rings. The normalized spacial score (nSPS) is 23.2. The molecule has 4 heteroatoms. The summed E-state index contributed by atoms with van der Waals surface area (Å²) in [5, 5.41) is 9.03. The van der Waals surface area contributed by atoms with Gasteiger partial charge in [-0.3, -0.25) is 4.90 Å². The Morgan fingerprint density at radius 3 is 2.31 bits per heavy atom. The van der Waals surface area contributed by atoms with E-state index in [0.29, 0.717) is 18.6 Å². The molecule has 3 N–H and O–H groups in total. The molecular formula is C12H27N3O. The summed E-state index contributed by atoms with van der Waals surface area (Å²) < 4.78 is 0. The Kier molecular flexibility index (Phi) is 6.28. The molecule has 0 bridgehead atoms. The van der Waals surface area contributed by atoms with Gasteiger partial charge in [0.1, 0.15) is 0 Å². The maximum Gasteiger partial charge on any atom is 0.0468 e. The van der Waals surface area contributed by atoms with Gasteiger partial charge in [0.05, 0.1) is 0 Å². The molecule has 1 saturated heterocycles. The van der Waals surface area contributed by atoms with Crippen molar-refractivity contribution < 1.29 is 5.11 Å². The number of piperazine rings is 1. The van der Waals surface area contributed by atoms with E-state index in [1.165, 1.54) is 0 Å². The van der Waals surface area contributed by atoms with E-state index in [1.807, 2.05) is 0 Å². The van der Waals surface area contributed by atoms with Crippen LogP contribution in [0.2, 0.25) is 0 Å². The van der Waals surface area contributed by atoms with Crippen LogP contribution in [0.1, 0.15) is 20.3 Å². The summed E-state index contributed by atoms with van der Waals surface area (Å²) in [6.45, 7) is 10.8. The van der Waals surface area contributed by atoms with Gasteiger partial charge in [-0.05, 0) is 12.3 Å². The second kappa shape index (κ2) is 7.22. The molecule has 0 aliphatic carbocycles. The molecular weight excluding hydrogens is 202 g/mol. The topological polar surface area (TPSA) is 52.7 Å². The number of nitrogens with zero attached hydrogens (tertiary/aromatic N) is 2. The smallest absolute Gasteiger partial charge is 0.0468 e. The van der Waals surface area contributed by atoms with E-state index in [2.05, 4.69) is 23.6 Å². The highest BCUT2D eigenvalue weighted by Crippen LogP contribution is 2.09. The lowest BCUT2D eigenvalue weighted by Crippen LogP contribution is -2.52. The molecule has 0 aromatic carbocycles. The SMILES string of the molecule is CCC(CN)N1CCN(CC(C)CO)CC1. The van der Waals surface area contributed by atoms with Gasteiger partial charge in [0.15, 0.2) is 0 Å². The van der Waals surface area contributed by atoms with Crippen molar-refractivity contribution >= 4 is 0 Å². The van der Waals surface area contributed by atoms with Gasteiger partial charge in [-0.15, -0.1) is 0 Å². The van der Waals surface area contributed by atoms with Crippen molar-refractivity contribution in [2.75, 3.05) is 45.9 Å². The largest absolute Gasteiger partial charge is 0.396 e. The highest BCUT2D eigenvalue weighted by molar-refractivity contribution is 4.79. The average Bonchev–Trinajstić information content (AvgIpc) is 2.32. The fraction of sp³-hybridized carbons (Fsp3) is 1.00. The van der Waals surface area contributed by atoms with Crippen molar-refractivity contribution in [2.24, 2.45) is 11.7 Å². The van der Waals surface area contributed by atoms with Crippen molar-refractivity contribution in [3.8, 4) is 0 Å². The summed E-state index contributed by atoms with van der Waals surface area (Å²) in [4.78, 5) is 4.95. The lowest BCUT2D eigenvalue weighted by atomic mass is 10.1. The van der Waals surface area contributed by atoms with Crippen LogP contribution in [-0.4, -0.2) is 66.8 Å². The first kappa shape index (κ1) is 13.9. The monoisotopic (exact) mass is 229 g/mol. The van der Waals surface area contributed by atoms with Crippen LogP contribution in [-0.2, 0) is 0 Å². The predicted molar refractivity (Wildman–Crippen MR) is 67.4 cm³/mol. The van der Waals surface area contributed by atoms with Crippen molar-refractivity contribution in [2.45, 2.75) is 26.3 Å². The van der Waals surface area contributed by atoms with E-state index in [9.17, 15) is 0 Å². The summed E-state index contributed by atoms with van der Waals surface area (Å²) in [6, 6.07) is 0.553. The third-order valence-electron chi connectivity index (χ3n) is 3.55. The van der Waals surface area contributed by atoms with E-state index in [4.69, 9.17) is 10.8 Å². The van der Waals surface area contributed by atoms with Crippen LogP contribution in [0.3, 0.4) is 0 Å². The van der Waals surface area contributed by atoms with Crippen molar-refractivity contribution in [1.29, 1.82) is 0 Å². The molecule has 0 aromatic heterocycles. The summed E-state index contributed by atoms with van der Waals surface area (Å²) in [7, 11) is 0. The summed E-state index contributed by atoms with van der Waals surface area (Å²) in [6.07, 6.45) is 1.14. The first-order valence-corrected chi connectivity index (χ1v) is 6.48. The Morgan fingerprint density at radius 2 is 1.88 bits per heavy atom. The van der Waals surface area contributed by atoms with Crippen LogP contribution in [0.4, 0.5) is 0 Å². The minimum atomic E-state index is 0.292. The highest BCUT2D eigenvalue weighted by Gasteiger charge is 2.22. The summed E-state index contributed by atoms with van der Waals surface area (Å²) in [5.74, 6) is 0.392. The van der Waals surface area contributed by atoms with E-state index >= 15 is 0 Å². The molecule has 2 unspecified atom stereocenters. The van der Waals surface area contributed by atoms with Crippen LogP contribution in [0.5, 0.6) is 0 Å². The number of hydrogen-bond donors (Lipinski definition) is 2. The van der Waals surface area contributed by atoms with Gasteiger partial charge in [0, 0.05) is 51.9 Å². The van der Waals surface area contributed by atoms with Crippen molar-refractivity contribution in [1.82, 2.24) is 9.80 Å². The zero-order chi connectivity index (χ0) is 12.0. The molecule has 1 aliphatic rings. The third kappa shape index (κ3) is 4.01. The Balaban J connectivity index is 2.27. The first-order valence-electron chi connectivity index (χ1n) is 6.48. The molecule has 1 heterocycles.